The first-order valence-corrected chi connectivity index (χ1v) is 10.3. The first-order valence-electron chi connectivity index (χ1n) is 10.3. The molecule has 0 aliphatic carbocycles. The van der Waals surface area contributed by atoms with Gasteiger partial charge in [0.1, 0.15) is 6.61 Å². The van der Waals surface area contributed by atoms with Crippen molar-refractivity contribution in [2.24, 2.45) is 0 Å². The van der Waals surface area contributed by atoms with Crippen molar-refractivity contribution in [2.75, 3.05) is 45.9 Å². The van der Waals surface area contributed by atoms with Crippen molar-refractivity contribution in [2.45, 2.75) is 27.0 Å². The van der Waals surface area contributed by atoms with Crippen LogP contribution in [0.2, 0.25) is 0 Å². The van der Waals surface area contributed by atoms with E-state index in [2.05, 4.69) is 58.9 Å². The van der Waals surface area contributed by atoms with E-state index in [0.717, 1.165) is 57.3 Å². The molecule has 3 rings (SSSR count). The van der Waals surface area contributed by atoms with Crippen molar-refractivity contribution in [1.82, 2.24) is 15.5 Å². The molecule has 2 aromatic carbocycles. The Balaban J connectivity index is 1.51. The molecule has 0 atom stereocenters. The van der Waals surface area contributed by atoms with Gasteiger partial charge in [-0.25, -0.2) is 0 Å². The standard InChI is InChI=1S/C23H33N3O2/c1-3-27-23-16-20(17-25-11-14-26-12-9-24-10-13-26)7-8-22(23)28-18-21-6-4-5-19(2)15-21/h4-8,15-16,24-25H,3,9-14,17-18H2,1-2H3. The lowest BCUT2D eigenvalue weighted by atomic mass is 10.1. The van der Waals surface area contributed by atoms with Crippen LogP contribution in [0.15, 0.2) is 42.5 Å². The Morgan fingerprint density at radius 3 is 2.64 bits per heavy atom. The predicted molar refractivity (Wildman–Crippen MR) is 114 cm³/mol. The van der Waals surface area contributed by atoms with E-state index in [1.807, 2.05) is 13.0 Å². The third kappa shape index (κ3) is 6.51. The van der Waals surface area contributed by atoms with Crippen LogP contribution in [0.5, 0.6) is 11.5 Å². The Morgan fingerprint density at radius 1 is 1.00 bits per heavy atom. The number of hydrogen-bond donors (Lipinski definition) is 2. The number of hydrogen-bond acceptors (Lipinski definition) is 5. The summed E-state index contributed by atoms with van der Waals surface area (Å²) in [6.07, 6.45) is 0. The van der Waals surface area contributed by atoms with Gasteiger partial charge in [0.05, 0.1) is 6.61 Å². The van der Waals surface area contributed by atoms with Crippen molar-refractivity contribution < 1.29 is 9.47 Å². The third-order valence-corrected chi connectivity index (χ3v) is 4.93. The molecule has 0 bridgehead atoms. The number of nitrogens with zero attached hydrogens (tertiary/aromatic N) is 1. The largest absolute Gasteiger partial charge is 0.490 e. The second kappa shape index (κ2) is 11.1. The number of nitrogens with one attached hydrogen (secondary N) is 2. The van der Waals surface area contributed by atoms with Gasteiger partial charge in [-0.05, 0) is 37.1 Å². The number of benzene rings is 2. The fourth-order valence-electron chi connectivity index (χ4n) is 3.42. The SMILES string of the molecule is CCOc1cc(CNCCN2CCNCC2)ccc1OCc1cccc(C)c1. The lowest BCUT2D eigenvalue weighted by Gasteiger charge is -2.27. The highest BCUT2D eigenvalue weighted by Crippen LogP contribution is 2.29. The first-order chi connectivity index (χ1) is 13.7. The van der Waals surface area contributed by atoms with Crippen LogP contribution in [0.1, 0.15) is 23.6 Å². The molecule has 152 valence electrons. The summed E-state index contributed by atoms with van der Waals surface area (Å²) >= 11 is 0. The monoisotopic (exact) mass is 383 g/mol. The van der Waals surface area contributed by atoms with Crippen LogP contribution in [-0.2, 0) is 13.2 Å². The minimum Gasteiger partial charge on any atom is -0.490 e. The number of aryl methyl sites for hydroxylation is 1. The summed E-state index contributed by atoms with van der Waals surface area (Å²) < 4.78 is 11.9. The summed E-state index contributed by atoms with van der Waals surface area (Å²) in [6, 6.07) is 14.6. The van der Waals surface area contributed by atoms with Crippen molar-refractivity contribution in [3.63, 3.8) is 0 Å². The smallest absolute Gasteiger partial charge is 0.161 e. The molecular weight excluding hydrogens is 350 g/mol. The van der Waals surface area contributed by atoms with Crippen molar-refractivity contribution >= 4 is 0 Å². The molecule has 1 saturated heterocycles. The Morgan fingerprint density at radius 2 is 1.86 bits per heavy atom. The molecule has 0 spiro atoms. The van der Waals surface area contributed by atoms with Crippen LogP contribution in [0.4, 0.5) is 0 Å². The molecule has 1 heterocycles. The van der Waals surface area contributed by atoms with E-state index in [1.165, 1.54) is 16.7 Å². The van der Waals surface area contributed by atoms with Crippen molar-refractivity contribution in [3.05, 3.63) is 59.2 Å². The second-order valence-corrected chi connectivity index (χ2v) is 7.26. The zero-order valence-corrected chi connectivity index (χ0v) is 17.2. The summed E-state index contributed by atoms with van der Waals surface area (Å²) in [5, 5.41) is 6.93. The van der Waals surface area contributed by atoms with Crippen LogP contribution in [0.25, 0.3) is 0 Å². The van der Waals surface area contributed by atoms with E-state index in [-0.39, 0.29) is 0 Å². The highest BCUT2D eigenvalue weighted by molar-refractivity contribution is 5.43. The van der Waals surface area contributed by atoms with E-state index in [1.54, 1.807) is 0 Å². The maximum absolute atomic E-state index is 6.03. The van der Waals surface area contributed by atoms with Gasteiger partial charge in [-0.1, -0.05) is 35.9 Å². The molecule has 2 aromatic rings. The zero-order valence-electron chi connectivity index (χ0n) is 17.2. The average Bonchev–Trinajstić information content (AvgIpc) is 2.72. The average molecular weight is 384 g/mol. The molecule has 28 heavy (non-hydrogen) atoms. The van der Waals surface area contributed by atoms with Gasteiger partial charge in [-0.3, -0.25) is 4.90 Å². The molecule has 5 nitrogen and oxygen atoms in total. The van der Waals surface area contributed by atoms with E-state index >= 15 is 0 Å². The molecule has 0 aromatic heterocycles. The fourth-order valence-corrected chi connectivity index (χ4v) is 3.42. The normalized spacial score (nSPS) is 14.8. The highest BCUT2D eigenvalue weighted by atomic mass is 16.5. The zero-order chi connectivity index (χ0) is 19.6. The molecule has 1 aliphatic heterocycles. The van der Waals surface area contributed by atoms with E-state index in [4.69, 9.17) is 9.47 Å². The maximum Gasteiger partial charge on any atom is 0.161 e. The van der Waals surface area contributed by atoms with Gasteiger partial charge in [-0.2, -0.15) is 0 Å². The minimum atomic E-state index is 0.546. The summed E-state index contributed by atoms with van der Waals surface area (Å²) in [5.41, 5.74) is 3.63. The minimum absolute atomic E-state index is 0.546. The molecule has 0 unspecified atom stereocenters. The molecular formula is C23H33N3O2. The quantitative estimate of drug-likeness (QED) is 0.618. The van der Waals surface area contributed by atoms with Crippen LogP contribution in [-0.4, -0.2) is 50.8 Å². The van der Waals surface area contributed by atoms with Crippen molar-refractivity contribution in [3.8, 4) is 11.5 Å². The van der Waals surface area contributed by atoms with Crippen LogP contribution in [0, 0.1) is 6.92 Å². The molecule has 0 amide bonds. The second-order valence-electron chi connectivity index (χ2n) is 7.26. The van der Waals surface area contributed by atoms with Gasteiger partial charge in [0, 0.05) is 45.8 Å². The number of piperazine rings is 1. The lowest BCUT2D eigenvalue weighted by Crippen LogP contribution is -2.45. The third-order valence-electron chi connectivity index (χ3n) is 4.93. The molecule has 5 heteroatoms. The fraction of sp³-hybridized carbons (Fsp3) is 0.478. The topological polar surface area (TPSA) is 45.8 Å². The summed E-state index contributed by atoms with van der Waals surface area (Å²) in [7, 11) is 0. The van der Waals surface area contributed by atoms with Crippen LogP contribution < -0.4 is 20.1 Å². The molecule has 1 aliphatic rings. The van der Waals surface area contributed by atoms with Gasteiger partial charge in [-0.15, -0.1) is 0 Å². The Labute approximate surface area is 169 Å². The van der Waals surface area contributed by atoms with Gasteiger partial charge < -0.3 is 20.1 Å². The molecule has 2 N–H and O–H groups in total. The summed E-state index contributed by atoms with van der Waals surface area (Å²) in [5.74, 6) is 1.62. The Kier molecular flexibility index (Phi) is 8.15. The molecule has 1 fully saturated rings. The van der Waals surface area contributed by atoms with E-state index in [9.17, 15) is 0 Å². The molecule has 0 radical (unpaired) electrons. The van der Waals surface area contributed by atoms with Crippen molar-refractivity contribution in [1.29, 1.82) is 0 Å². The summed E-state index contributed by atoms with van der Waals surface area (Å²) in [6.45, 7) is 12.7. The van der Waals surface area contributed by atoms with Gasteiger partial charge in [0.15, 0.2) is 11.5 Å². The van der Waals surface area contributed by atoms with E-state index < -0.39 is 0 Å². The predicted octanol–water partition coefficient (Wildman–Crippen LogP) is 2.97. The van der Waals surface area contributed by atoms with Gasteiger partial charge in [0.2, 0.25) is 0 Å². The lowest BCUT2D eigenvalue weighted by molar-refractivity contribution is 0.241. The Bertz CT molecular complexity index is 730. The van der Waals surface area contributed by atoms with Crippen LogP contribution in [0.3, 0.4) is 0 Å². The number of rotatable bonds is 10. The Hall–Kier alpha value is -2.08. The molecule has 0 saturated carbocycles. The van der Waals surface area contributed by atoms with Crippen LogP contribution >= 0.6 is 0 Å². The van der Waals surface area contributed by atoms with Gasteiger partial charge >= 0.3 is 0 Å². The first kappa shape index (κ1) is 20.6. The number of ether oxygens (including phenoxy) is 2. The highest BCUT2D eigenvalue weighted by Gasteiger charge is 2.09. The maximum atomic E-state index is 6.03. The summed E-state index contributed by atoms with van der Waals surface area (Å²) in [4.78, 5) is 2.50. The van der Waals surface area contributed by atoms with E-state index in [0.29, 0.717) is 13.2 Å². The van der Waals surface area contributed by atoms with Gasteiger partial charge in [0.25, 0.3) is 0 Å².